The summed E-state index contributed by atoms with van der Waals surface area (Å²) in [6, 6.07) is 5.05. The number of benzene rings is 1. The number of thiol groups is 1. The quantitative estimate of drug-likeness (QED) is 0.456. The fourth-order valence-electron chi connectivity index (χ4n) is 1.07. The number of fused-ring (bicyclic) bond motifs is 1. The molecule has 62 valence electrons. The molecule has 1 heterocycles. The Morgan fingerprint density at radius 1 is 1.33 bits per heavy atom. The van der Waals surface area contributed by atoms with Crippen LogP contribution in [0.5, 0.6) is 5.75 Å². The maximum Gasteiger partial charge on any atom is 0.271 e. The van der Waals surface area contributed by atoms with E-state index in [0.717, 1.165) is 0 Å². The van der Waals surface area contributed by atoms with E-state index in [2.05, 4.69) is 23.1 Å². The van der Waals surface area contributed by atoms with Gasteiger partial charge in [-0.15, -0.1) is 0 Å². The number of H-pyrrole nitrogens is 2. The average molecular weight is 182 g/mol. The summed E-state index contributed by atoms with van der Waals surface area (Å²) < 4.78 is 4.69. The van der Waals surface area contributed by atoms with Crippen LogP contribution in [-0.2, 0) is 0 Å². The molecule has 0 bridgehead atoms. The topological polar surface area (TPSA) is 57.9 Å². The summed E-state index contributed by atoms with van der Waals surface area (Å²) in [4.78, 5) is 11.0. The van der Waals surface area contributed by atoms with Crippen LogP contribution in [0, 0.1) is 0 Å². The van der Waals surface area contributed by atoms with E-state index < -0.39 is 0 Å². The van der Waals surface area contributed by atoms with Crippen molar-refractivity contribution in [2.45, 2.75) is 0 Å². The number of aromatic nitrogens is 2. The number of hydrogen-bond acceptors (Lipinski definition) is 3. The van der Waals surface area contributed by atoms with Gasteiger partial charge < -0.3 is 4.18 Å². The Balaban J connectivity index is 2.77. The minimum absolute atomic E-state index is 0.129. The van der Waals surface area contributed by atoms with Crippen LogP contribution in [0.25, 0.3) is 10.9 Å². The monoisotopic (exact) mass is 182 g/mol. The van der Waals surface area contributed by atoms with E-state index >= 15 is 0 Å². The molecule has 0 spiro atoms. The summed E-state index contributed by atoms with van der Waals surface area (Å²) in [5.41, 5.74) is 0.585. The molecular weight excluding hydrogens is 176 g/mol. The van der Waals surface area contributed by atoms with E-state index in [1.807, 2.05) is 0 Å². The molecule has 0 unspecified atom stereocenters. The molecule has 5 heteroatoms. The molecule has 0 saturated carbocycles. The fraction of sp³-hybridized carbons (Fsp3) is 0. The molecule has 0 saturated heterocycles. The molecule has 2 N–H and O–H groups in total. The first kappa shape index (κ1) is 7.30. The molecule has 0 atom stereocenters. The van der Waals surface area contributed by atoms with E-state index in [0.29, 0.717) is 16.7 Å². The van der Waals surface area contributed by atoms with Crippen LogP contribution < -0.4 is 9.74 Å². The number of aromatic amines is 2. The van der Waals surface area contributed by atoms with E-state index in [4.69, 9.17) is 4.18 Å². The van der Waals surface area contributed by atoms with Crippen LogP contribution in [0.1, 0.15) is 0 Å². The first-order chi connectivity index (χ1) is 5.81. The molecule has 2 rings (SSSR count). The summed E-state index contributed by atoms with van der Waals surface area (Å²) in [5, 5.41) is 5.79. The number of hydrogen-bond donors (Lipinski definition) is 3. The first-order valence-corrected chi connectivity index (χ1v) is 3.69. The van der Waals surface area contributed by atoms with Gasteiger partial charge in [-0.3, -0.25) is 15.0 Å². The van der Waals surface area contributed by atoms with Crippen LogP contribution in [0.15, 0.2) is 23.0 Å². The van der Waals surface area contributed by atoms with E-state index in [9.17, 15) is 4.79 Å². The van der Waals surface area contributed by atoms with Gasteiger partial charge in [0.1, 0.15) is 5.75 Å². The largest absolute Gasteiger partial charge is 0.429 e. The van der Waals surface area contributed by atoms with E-state index in [-0.39, 0.29) is 5.56 Å². The van der Waals surface area contributed by atoms with Gasteiger partial charge in [0.05, 0.1) is 10.9 Å². The zero-order valence-electron chi connectivity index (χ0n) is 6.00. The number of nitrogens with one attached hydrogen (secondary N) is 2. The zero-order valence-corrected chi connectivity index (χ0v) is 6.89. The van der Waals surface area contributed by atoms with Crippen molar-refractivity contribution in [2.75, 3.05) is 0 Å². The van der Waals surface area contributed by atoms with Gasteiger partial charge in [-0.1, -0.05) is 0 Å². The summed E-state index contributed by atoms with van der Waals surface area (Å²) in [7, 11) is 0. The van der Waals surface area contributed by atoms with Crippen LogP contribution in [0.4, 0.5) is 0 Å². The van der Waals surface area contributed by atoms with Gasteiger partial charge in [0, 0.05) is 19.0 Å². The lowest BCUT2D eigenvalue weighted by molar-refractivity contribution is 0.660. The minimum Gasteiger partial charge on any atom is -0.429 e. The highest BCUT2D eigenvalue weighted by atomic mass is 32.1. The Morgan fingerprint density at radius 3 is 2.92 bits per heavy atom. The van der Waals surface area contributed by atoms with Gasteiger partial charge in [0.25, 0.3) is 5.56 Å². The van der Waals surface area contributed by atoms with Gasteiger partial charge >= 0.3 is 0 Å². The highest BCUT2D eigenvalue weighted by molar-refractivity contribution is 7.75. The molecule has 0 radical (unpaired) electrons. The van der Waals surface area contributed by atoms with Crippen molar-refractivity contribution in [1.29, 1.82) is 0 Å². The van der Waals surface area contributed by atoms with Gasteiger partial charge in [-0.05, 0) is 12.1 Å². The second-order valence-corrected chi connectivity index (χ2v) is 2.56. The van der Waals surface area contributed by atoms with Crippen LogP contribution in [-0.4, -0.2) is 10.2 Å². The van der Waals surface area contributed by atoms with Crippen molar-refractivity contribution >= 4 is 23.8 Å². The molecule has 4 nitrogen and oxygen atoms in total. The Bertz CT molecular complexity index is 460. The summed E-state index contributed by atoms with van der Waals surface area (Å²) >= 11 is 3.64. The third-order valence-corrected chi connectivity index (χ3v) is 1.86. The standard InChI is InChI=1S/C7H6N2O2S/c10-7-5-2-1-4(11-12)3-6(5)8-9-7/h1-3,12H,(H2,8,9,10). The molecule has 1 aromatic carbocycles. The lowest BCUT2D eigenvalue weighted by atomic mass is 10.2. The molecule has 0 fully saturated rings. The fourth-order valence-corrected chi connectivity index (χ4v) is 1.19. The second kappa shape index (κ2) is 2.60. The summed E-state index contributed by atoms with van der Waals surface area (Å²) in [6.07, 6.45) is 0. The molecule has 12 heavy (non-hydrogen) atoms. The SMILES string of the molecule is O=c1[nH][nH]c2cc(OS)ccc12. The Hall–Kier alpha value is -1.36. The van der Waals surface area contributed by atoms with Crippen molar-refractivity contribution in [3.8, 4) is 5.75 Å². The maximum absolute atomic E-state index is 11.0. The van der Waals surface area contributed by atoms with Crippen molar-refractivity contribution in [2.24, 2.45) is 0 Å². The molecular formula is C7H6N2O2S. The highest BCUT2D eigenvalue weighted by Gasteiger charge is 2.00. The van der Waals surface area contributed by atoms with Gasteiger partial charge in [-0.25, -0.2) is 0 Å². The predicted octanol–water partition coefficient (Wildman–Crippen LogP) is 1.08. The first-order valence-electron chi connectivity index (χ1n) is 3.33. The molecule has 0 aliphatic carbocycles. The maximum atomic E-state index is 11.0. The Kier molecular flexibility index (Phi) is 1.58. The zero-order chi connectivity index (χ0) is 8.55. The average Bonchev–Trinajstić information content (AvgIpc) is 2.47. The van der Waals surface area contributed by atoms with Crippen molar-refractivity contribution < 1.29 is 4.18 Å². The normalized spacial score (nSPS) is 10.4. The third kappa shape index (κ3) is 0.984. The van der Waals surface area contributed by atoms with Crippen LogP contribution in [0.3, 0.4) is 0 Å². The second-order valence-electron chi connectivity index (χ2n) is 2.38. The molecule has 2 aromatic rings. The van der Waals surface area contributed by atoms with Crippen LogP contribution >= 0.6 is 12.9 Å². The number of rotatable bonds is 1. The summed E-state index contributed by atoms with van der Waals surface area (Å²) in [6.45, 7) is 0. The van der Waals surface area contributed by atoms with E-state index in [1.54, 1.807) is 18.2 Å². The summed E-state index contributed by atoms with van der Waals surface area (Å²) in [5.74, 6) is 0.598. The molecule has 0 aliphatic rings. The predicted molar refractivity (Wildman–Crippen MR) is 48.5 cm³/mol. The molecule has 0 aliphatic heterocycles. The van der Waals surface area contributed by atoms with Crippen LogP contribution in [0.2, 0.25) is 0 Å². The van der Waals surface area contributed by atoms with Crippen molar-refractivity contribution in [1.82, 2.24) is 10.2 Å². The van der Waals surface area contributed by atoms with Gasteiger partial charge in [-0.2, -0.15) is 0 Å². The lowest BCUT2D eigenvalue weighted by Crippen LogP contribution is -1.96. The van der Waals surface area contributed by atoms with Crippen molar-refractivity contribution in [3.63, 3.8) is 0 Å². The molecule has 1 aromatic heterocycles. The lowest BCUT2D eigenvalue weighted by Gasteiger charge is -1.94. The Morgan fingerprint density at radius 2 is 2.17 bits per heavy atom. The highest BCUT2D eigenvalue weighted by Crippen LogP contribution is 2.16. The minimum atomic E-state index is -0.129. The van der Waals surface area contributed by atoms with Gasteiger partial charge in [0.2, 0.25) is 0 Å². The third-order valence-electron chi connectivity index (χ3n) is 1.65. The van der Waals surface area contributed by atoms with Crippen molar-refractivity contribution in [3.05, 3.63) is 28.6 Å². The smallest absolute Gasteiger partial charge is 0.271 e. The van der Waals surface area contributed by atoms with E-state index in [1.165, 1.54) is 0 Å². The Labute approximate surface area is 73.1 Å². The van der Waals surface area contributed by atoms with Gasteiger partial charge in [0.15, 0.2) is 0 Å². The molecule has 0 amide bonds.